The number of aromatic hydroxyl groups is 1. The second-order valence-electron chi connectivity index (χ2n) is 2.92. The lowest BCUT2D eigenvalue weighted by molar-refractivity contribution is 0.0535. The summed E-state index contributed by atoms with van der Waals surface area (Å²) >= 11 is 0. The molecule has 80 valence electrons. The summed E-state index contributed by atoms with van der Waals surface area (Å²) in [5, 5.41) is 9.47. The molecule has 1 rings (SSSR count). The third kappa shape index (κ3) is 2.54. The quantitative estimate of drug-likeness (QED) is 0.572. The third-order valence-electron chi connectivity index (χ3n) is 1.84. The van der Waals surface area contributed by atoms with E-state index in [4.69, 9.17) is 0 Å². The Bertz CT molecular complexity index is 400. The Kier molecular flexibility index (Phi) is 3.41. The minimum absolute atomic E-state index is 0.0573. The number of rotatable bonds is 3. The van der Waals surface area contributed by atoms with Gasteiger partial charge in [0.05, 0.1) is 12.7 Å². The van der Waals surface area contributed by atoms with E-state index in [0.717, 1.165) is 0 Å². The highest BCUT2D eigenvalue weighted by atomic mass is 16.6. The molecule has 0 heterocycles. The van der Waals surface area contributed by atoms with Crippen LogP contribution in [-0.4, -0.2) is 23.9 Å². The van der Waals surface area contributed by atoms with Crippen molar-refractivity contribution in [2.75, 3.05) is 7.11 Å². The molecule has 0 saturated heterocycles. The second-order valence-corrected chi connectivity index (χ2v) is 2.92. The predicted octanol–water partition coefficient (Wildman–Crippen LogP) is 0.886. The lowest BCUT2D eigenvalue weighted by Gasteiger charge is -2.05. The Labute approximate surface area is 86.6 Å². The molecule has 0 fully saturated rings. The minimum atomic E-state index is -0.565. The summed E-state index contributed by atoms with van der Waals surface area (Å²) in [6, 6.07) is 4.07. The molecule has 5 nitrogen and oxygen atoms in total. The molecule has 0 radical (unpaired) electrons. The number of carbonyl (C=O) groups excluding carboxylic acids is 2. The molecule has 0 bridgehead atoms. The van der Waals surface area contributed by atoms with Gasteiger partial charge in [0, 0.05) is 5.56 Å². The van der Waals surface area contributed by atoms with Gasteiger partial charge in [0.15, 0.2) is 5.78 Å². The van der Waals surface area contributed by atoms with E-state index < -0.39 is 5.91 Å². The highest BCUT2D eigenvalue weighted by molar-refractivity contribution is 5.99. The van der Waals surface area contributed by atoms with Crippen molar-refractivity contribution in [2.45, 2.75) is 6.92 Å². The number of benzene rings is 1. The first-order valence-corrected chi connectivity index (χ1v) is 4.23. The fourth-order valence-corrected chi connectivity index (χ4v) is 1.09. The zero-order valence-corrected chi connectivity index (χ0v) is 8.40. The van der Waals surface area contributed by atoms with E-state index in [1.807, 2.05) is 0 Å². The van der Waals surface area contributed by atoms with Crippen molar-refractivity contribution in [3.8, 4) is 5.75 Å². The van der Waals surface area contributed by atoms with Gasteiger partial charge in [-0.1, -0.05) is 6.07 Å². The van der Waals surface area contributed by atoms with Gasteiger partial charge in [-0.3, -0.25) is 14.4 Å². The SMILES string of the molecule is CONC(=O)c1ccc(C(C)=O)cc1O. The Morgan fingerprint density at radius 3 is 2.53 bits per heavy atom. The maximum Gasteiger partial charge on any atom is 0.278 e. The number of nitrogens with one attached hydrogen (secondary N) is 1. The lowest BCUT2D eigenvalue weighted by atomic mass is 10.1. The van der Waals surface area contributed by atoms with Gasteiger partial charge in [-0.25, -0.2) is 5.48 Å². The van der Waals surface area contributed by atoms with Crippen molar-refractivity contribution >= 4 is 11.7 Å². The molecule has 0 aliphatic carbocycles. The van der Waals surface area contributed by atoms with Crippen LogP contribution in [0.2, 0.25) is 0 Å². The van der Waals surface area contributed by atoms with Crippen LogP contribution < -0.4 is 5.48 Å². The number of hydrogen-bond acceptors (Lipinski definition) is 4. The molecular weight excluding hydrogens is 198 g/mol. The first-order valence-electron chi connectivity index (χ1n) is 4.23. The third-order valence-corrected chi connectivity index (χ3v) is 1.84. The van der Waals surface area contributed by atoms with Crippen molar-refractivity contribution in [3.05, 3.63) is 29.3 Å². The molecule has 1 aromatic carbocycles. The van der Waals surface area contributed by atoms with Gasteiger partial charge in [-0.2, -0.15) is 0 Å². The van der Waals surface area contributed by atoms with E-state index in [0.29, 0.717) is 5.56 Å². The number of phenolic OH excluding ortho intramolecular Hbond substituents is 1. The van der Waals surface area contributed by atoms with Gasteiger partial charge in [0.2, 0.25) is 0 Å². The van der Waals surface area contributed by atoms with Gasteiger partial charge in [0.25, 0.3) is 5.91 Å². The summed E-state index contributed by atoms with van der Waals surface area (Å²) in [6.45, 7) is 1.38. The second kappa shape index (κ2) is 4.56. The van der Waals surface area contributed by atoms with E-state index in [-0.39, 0.29) is 17.1 Å². The van der Waals surface area contributed by atoms with Gasteiger partial charge in [0.1, 0.15) is 5.75 Å². The fourth-order valence-electron chi connectivity index (χ4n) is 1.09. The van der Waals surface area contributed by atoms with Gasteiger partial charge < -0.3 is 5.11 Å². The number of amides is 1. The molecule has 5 heteroatoms. The van der Waals surface area contributed by atoms with Gasteiger partial charge >= 0.3 is 0 Å². The molecule has 1 amide bonds. The van der Waals surface area contributed by atoms with Crippen LogP contribution in [0.4, 0.5) is 0 Å². The summed E-state index contributed by atoms with van der Waals surface area (Å²) in [6.07, 6.45) is 0. The van der Waals surface area contributed by atoms with E-state index in [9.17, 15) is 14.7 Å². The molecular formula is C10H11NO4. The Morgan fingerprint density at radius 2 is 2.07 bits per heavy atom. The molecule has 2 N–H and O–H groups in total. The first kappa shape index (κ1) is 11.2. The number of phenols is 1. The largest absolute Gasteiger partial charge is 0.507 e. The topological polar surface area (TPSA) is 75.6 Å². The fraction of sp³-hybridized carbons (Fsp3) is 0.200. The summed E-state index contributed by atoms with van der Waals surface area (Å²) in [7, 11) is 1.29. The molecule has 0 saturated carbocycles. The summed E-state index contributed by atoms with van der Waals surface area (Å²) in [5.74, 6) is -0.994. The highest BCUT2D eigenvalue weighted by Gasteiger charge is 2.12. The van der Waals surface area contributed by atoms with Crippen molar-refractivity contribution in [1.82, 2.24) is 5.48 Å². The number of hydroxylamine groups is 1. The van der Waals surface area contributed by atoms with Crippen LogP contribution in [0.1, 0.15) is 27.6 Å². The maximum atomic E-state index is 11.3. The van der Waals surface area contributed by atoms with Crippen molar-refractivity contribution in [2.24, 2.45) is 0 Å². The van der Waals surface area contributed by atoms with Crippen LogP contribution in [-0.2, 0) is 4.84 Å². The molecule has 0 aliphatic heterocycles. The van der Waals surface area contributed by atoms with E-state index in [1.165, 1.54) is 32.2 Å². The monoisotopic (exact) mass is 209 g/mol. The smallest absolute Gasteiger partial charge is 0.278 e. The number of Topliss-reactive ketones (excluding diaryl/α,β-unsaturated/α-hetero) is 1. The number of hydrogen-bond donors (Lipinski definition) is 2. The van der Waals surface area contributed by atoms with Gasteiger partial charge in [-0.05, 0) is 19.1 Å². The number of ketones is 1. The Balaban J connectivity index is 3.03. The zero-order valence-electron chi connectivity index (χ0n) is 8.40. The Morgan fingerprint density at radius 1 is 1.40 bits per heavy atom. The molecule has 0 aromatic heterocycles. The van der Waals surface area contributed by atoms with E-state index in [2.05, 4.69) is 10.3 Å². The van der Waals surface area contributed by atoms with Crippen molar-refractivity contribution < 1.29 is 19.5 Å². The zero-order chi connectivity index (χ0) is 11.4. The molecule has 0 atom stereocenters. The van der Waals surface area contributed by atoms with Crippen LogP contribution >= 0.6 is 0 Å². The molecule has 0 unspecified atom stereocenters. The van der Waals surface area contributed by atoms with Crippen molar-refractivity contribution in [1.29, 1.82) is 0 Å². The Hall–Kier alpha value is -1.88. The van der Waals surface area contributed by atoms with E-state index in [1.54, 1.807) is 0 Å². The molecule has 1 aromatic rings. The van der Waals surface area contributed by atoms with Crippen LogP contribution in [0.25, 0.3) is 0 Å². The van der Waals surface area contributed by atoms with Gasteiger partial charge in [-0.15, -0.1) is 0 Å². The van der Waals surface area contributed by atoms with E-state index >= 15 is 0 Å². The van der Waals surface area contributed by atoms with Crippen LogP contribution in [0.15, 0.2) is 18.2 Å². The van der Waals surface area contributed by atoms with Crippen molar-refractivity contribution in [3.63, 3.8) is 0 Å². The standard InChI is InChI=1S/C10H11NO4/c1-6(12)7-3-4-8(9(13)5-7)10(14)11-15-2/h3-5,13H,1-2H3,(H,11,14). The molecule has 0 spiro atoms. The van der Waals surface area contributed by atoms with Crippen LogP contribution in [0.3, 0.4) is 0 Å². The number of carbonyl (C=O) groups is 2. The van der Waals surface area contributed by atoms with Crippen LogP contribution in [0, 0.1) is 0 Å². The molecule has 0 aliphatic rings. The summed E-state index contributed by atoms with van der Waals surface area (Å²) in [4.78, 5) is 26.6. The maximum absolute atomic E-state index is 11.3. The first-order chi connectivity index (χ1) is 7.06. The normalized spacial score (nSPS) is 9.73. The molecule has 15 heavy (non-hydrogen) atoms. The predicted molar refractivity (Wildman–Crippen MR) is 52.6 cm³/mol. The summed E-state index contributed by atoms with van der Waals surface area (Å²) < 4.78 is 0. The average Bonchev–Trinajstić information content (AvgIpc) is 2.17. The average molecular weight is 209 g/mol. The minimum Gasteiger partial charge on any atom is -0.507 e. The van der Waals surface area contributed by atoms with Crippen LogP contribution in [0.5, 0.6) is 5.75 Å². The highest BCUT2D eigenvalue weighted by Crippen LogP contribution is 2.18. The summed E-state index contributed by atoms with van der Waals surface area (Å²) in [5.41, 5.74) is 2.47. The lowest BCUT2D eigenvalue weighted by Crippen LogP contribution is -2.21.